The van der Waals surface area contributed by atoms with Crippen LogP contribution in [0.25, 0.3) is 22.1 Å². The lowest BCUT2D eigenvalue weighted by Crippen LogP contribution is -2.46. The number of nitrogens with two attached hydrogens (primary N) is 2. The number of aromatic nitrogens is 2. The number of aldehydes is 3. The molecule has 3 aromatic rings. The molecule has 9 N–H and O–H groups in total. The number of carbonyl (C=O) groups is 3. The zero-order valence-electron chi connectivity index (χ0n) is 19.3. The average Bonchev–Trinajstić information content (AvgIpc) is 2.89. The fourth-order valence-electron chi connectivity index (χ4n) is 2.63. The van der Waals surface area contributed by atoms with Crippen molar-refractivity contribution in [2.24, 2.45) is 0 Å². The smallest absolute Gasteiger partial charge is 0.151 e. The molecule has 0 saturated carbocycles. The van der Waals surface area contributed by atoms with E-state index in [-0.39, 0.29) is 18.7 Å². The molecule has 0 aliphatic carbocycles. The molecule has 0 saturated heterocycles. The third-order valence-electron chi connectivity index (χ3n) is 4.65. The number of hydrogen-bond acceptors (Lipinski definition) is 12. The molecule has 2 aromatic carbocycles. The molecule has 1 heterocycles. The molecule has 0 fully saturated rings. The first-order chi connectivity index (χ1) is 16.7. The lowest BCUT2D eigenvalue weighted by atomic mass is 10.0. The Labute approximate surface area is 213 Å². The predicted octanol–water partition coefficient (Wildman–Crippen LogP) is -0.455. The summed E-state index contributed by atoms with van der Waals surface area (Å²) >= 11 is 0. The molecule has 36 heavy (non-hydrogen) atoms. The summed E-state index contributed by atoms with van der Waals surface area (Å²) in [6.45, 7) is -0.760. The fourth-order valence-corrected chi connectivity index (χ4v) is 2.63. The first kappa shape index (κ1) is 32.7. The van der Waals surface area contributed by atoms with Crippen LogP contribution in [0.4, 0.5) is 11.4 Å². The van der Waals surface area contributed by atoms with Crippen LogP contribution < -0.4 is 11.5 Å². The van der Waals surface area contributed by atoms with Gasteiger partial charge in [0, 0.05) is 12.8 Å². The van der Waals surface area contributed by atoms with Crippen molar-refractivity contribution in [3.05, 3.63) is 36.4 Å². The molecule has 3 rings (SSSR count). The first-order valence-corrected chi connectivity index (χ1v) is 10.6. The highest BCUT2D eigenvalue weighted by Gasteiger charge is 2.29. The van der Waals surface area contributed by atoms with Crippen LogP contribution in [0, 0.1) is 0 Å². The fraction of sp³-hybridized carbons (Fsp3) is 0.348. The van der Waals surface area contributed by atoms with Gasteiger partial charge in [-0.25, -0.2) is 9.97 Å². The van der Waals surface area contributed by atoms with Crippen molar-refractivity contribution in [1.29, 1.82) is 0 Å². The maximum atomic E-state index is 9.90. The highest BCUT2D eigenvalue weighted by molar-refractivity contribution is 5.97. The molecule has 4 atom stereocenters. The second-order valence-corrected chi connectivity index (χ2v) is 7.27. The number of hydrogen-bond donors (Lipinski definition) is 7. The minimum atomic E-state index is -1.79. The van der Waals surface area contributed by atoms with E-state index in [1.807, 2.05) is 30.3 Å². The van der Waals surface area contributed by atoms with Gasteiger partial charge in [-0.1, -0.05) is 12.1 Å². The zero-order valence-corrected chi connectivity index (χ0v) is 20.1. The number of rotatable bonds is 9. The number of carbonyl (C=O) groups excluding carboxylic acids is 3. The summed E-state index contributed by atoms with van der Waals surface area (Å²) in [6, 6.07) is 11.3. The SMILES string of the molecule is Cl.Nc1ccc2nc3ccccc3nc2c1N.O=CC(O)C(O)C(O)C(O)CO.O=CCCCC=O. The number of aliphatic hydroxyl groups excluding tert-OH is 5. The maximum Gasteiger partial charge on any atom is 0.151 e. The quantitative estimate of drug-likeness (QED) is 0.0812. The summed E-state index contributed by atoms with van der Waals surface area (Å²) in [7, 11) is 0. The Morgan fingerprint density at radius 1 is 0.806 bits per heavy atom. The molecule has 0 aliphatic rings. The van der Waals surface area contributed by atoms with Gasteiger partial charge in [-0.2, -0.15) is 0 Å². The number of halogens is 1. The van der Waals surface area contributed by atoms with E-state index in [2.05, 4.69) is 9.97 Å². The second kappa shape index (κ2) is 17.2. The van der Waals surface area contributed by atoms with E-state index >= 15 is 0 Å². The topological polar surface area (TPSA) is 230 Å². The van der Waals surface area contributed by atoms with Gasteiger partial charge in [-0.3, -0.25) is 0 Å². The van der Waals surface area contributed by atoms with Crippen molar-refractivity contribution in [3.8, 4) is 0 Å². The third kappa shape index (κ3) is 9.77. The van der Waals surface area contributed by atoms with E-state index in [0.29, 0.717) is 36.2 Å². The Balaban J connectivity index is 0.000000548. The number of para-hydroxylation sites is 2. The molecule has 0 spiro atoms. The summed E-state index contributed by atoms with van der Waals surface area (Å²) in [5, 5.41) is 43.5. The number of anilines is 2. The highest BCUT2D eigenvalue weighted by atomic mass is 35.5. The Kier molecular flexibility index (Phi) is 15.7. The Morgan fingerprint density at radius 2 is 1.36 bits per heavy atom. The number of benzene rings is 2. The molecular formula is C23H31ClN4O8. The van der Waals surface area contributed by atoms with Crippen molar-refractivity contribution in [3.63, 3.8) is 0 Å². The molecule has 0 aliphatic heterocycles. The van der Waals surface area contributed by atoms with Crippen molar-refractivity contribution >= 4 is 64.7 Å². The van der Waals surface area contributed by atoms with Gasteiger partial charge in [0.25, 0.3) is 0 Å². The molecule has 4 unspecified atom stereocenters. The van der Waals surface area contributed by atoms with Gasteiger partial charge < -0.3 is 51.4 Å². The van der Waals surface area contributed by atoms with Gasteiger partial charge in [0.05, 0.1) is 34.5 Å². The summed E-state index contributed by atoms with van der Waals surface area (Å²) in [6.07, 6.45) is -3.47. The Morgan fingerprint density at radius 3 is 1.86 bits per heavy atom. The van der Waals surface area contributed by atoms with Crippen molar-refractivity contribution in [2.45, 2.75) is 43.7 Å². The number of aliphatic hydroxyl groups is 5. The minimum absolute atomic E-state index is 0. The van der Waals surface area contributed by atoms with Gasteiger partial charge in [-0.15, -0.1) is 12.4 Å². The maximum absolute atomic E-state index is 9.90. The summed E-state index contributed by atoms with van der Waals surface area (Å²) in [5.74, 6) is 0. The van der Waals surface area contributed by atoms with Crippen molar-refractivity contribution in [2.75, 3.05) is 18.1 Å². The summed E-state index contributed by atoms with van der Waals surface area (Å²) < 4.78 is 0. The van der Waals surface area contributed by atoms with E-state index in [4.69, 9.17) is 37.0 Å². The first-order valence-electron chi connectivity index (χ1n) is 10.6. The number of nitrogens with zero attached hydrogens (tertiary/aromatic N) is 2. The summed E-state index contributed by atoms with van der Waals surface area (Å²) in [4.78, 5) is 38.0. The standard InChI is InChI=1S/C12H10N4.C6H12O6.C5H8O2.ClH/c13-7-5-6-10-12(11(7)14)16-9-4-2-1-3-8(9)15-10;7-1-3(9)5(11)6(12)4(10)2-8;6-4-2-1-3-5-7;/h1-6H,13-14H2;1,3-6,8-12H,2H2;4-5H,1-3H2;1H. The third-order valence-corrected chi connectivity index (χ3v) is 4.65. The molecule has 12 nitrogen and oxygen atoms in total. The van der Waals surface area contributed by atoms with Gasteiger partial charge in [0.1, 0.15) is 42.5 Å². The van der Waals surface area contributed by atoms with Crippen LogP contribution in [0.2, 0.25) is 0 Å². The van der Waals surface area contributed by atoms with Crippen LogP contribution in [0.15, 0.2) is 36.4 Å². The largest absolute Gasteiger partial charge is 0.397 e. The van der Waals surface area contributed by atoms with Gasteiger partial charge in [0.15, 0.2) is 6.29 Å². The number of fused-ring (bicyclic) bond motifs is 2. The summed E-state index contributed by atoms with van der Waals surface area (Å²) in [5.41, 5.74) is 15.8. The number of unbranched alkanes of at least 4 members (excludes halogenated alkanes) is 2. The van der Waals surface area contributed by atoms with Crippen LogP contribution in [-0.2, 0) is 14.4 Å². The van der Waals surface area contributed by atoms with Gasteiger partial charge >= 0.3 is 0 Å². The Bertz CT molecular complexity index is 1100. The van der Waals surface area contributed by atoms with E-state index < -0.39 is 31.0 Å². The molecule has 13 heteroatoms. The van der Waals surface area contributed by atoms with Crippen LogP contribution in [0.5, 0.6) is 0 Å². The van der Waals surface area contributed by atoms with E-state index in [1.165, 1.54) is 0 Å². The lowest BCUT2D eigenvalue weighted by molar-refractivity contribution is -0.136. The predicted molar refractivity (Wildman–Crippen MR) is 136 cm³/mol. The van der Waals surface area contributed by atoms with Crippen LogP contribution in [0.3, 0.4) is 0 Å². The normalized spacial score (nSPS) is 13.5. The monoisotopic (exact) mass is 526 g/mol. The molecule has 0 radical (unpaired) electrons. The minimum Gasteiger partial charge on any atom is -0.397 e. The van der Waals surface area contributed by atoms with Crippen LogP contribution in [-0.4, -0.2) is 85.4 Å². The van der Waals surface area contributed by atoms with E-state index in [9.17, 15) is 14.4 Å². The average molecular weight is 527 g/mol. The number of nitrogen functional groups attached to an aromatic ring is 2. The Hall–Kier alpha value is -3.26. The molecule has 1 aromatic heterocycles. The molecule has 198 valence electrons. The highest BCUT2D eigenvalue weighted by Crippen LogP contribution is 2.25. The van der Waals surface area contributed by atoms with Crippen LogP contribution >= 0.6 is 12.4 Å². The molecule has 0 bridgehead atoms. The van der Waals surface area contributed by atoms with Gasteiger partial charge in [0.2, 0.25) is 0 Å². The van der Waals surface area contributed by atoms with Gasteiger partial charge in [-0.05, 0) is 30.7 Å². The molecule has 0 amide bonds. The van der Waals surface area contributed by atoms with Crippen molar-refractivity contribution in [1.82, 2.24) is 9.97 Å². The van der Waals surface area contributed by atoms with E-state index in [0.717, 1.165) is 29.1 Å². The second-order valence-electron chi connectivity index (χ2n) is 7.27. The zero-order chi connectivity index (χ0) is 26.4. The molecular weight excluding hydrogens is 496 g/mol. The lowest BCUT2D eigenvalue weighted by Gasteiger charge is -2.22. The van der Waals surface area contributed by atoms with Crippen LogP contribution in [0.1, 0.15) is 19.3 Å². The van der Waals surface area contributed by atoms with Crippen molar-refractivity contribution < 1.29 is 39.9 Å². The van der Waals surface area contributed by atoms with E-state index in [1.54, 1.807) is 6.07 Å².